The van der Waals surface area contributed by atoms with Crippen LogP contribution in [0.3, 0.4) is 0 Å². The molecule has 0 bridgehead atoms. The van der Waals surface area contributed by atoms with Gasteiger partial charge in [0.2, 0.25) is 5.91 Å². The van der Waals surface area contributed by atoms with Crippen LogP contribution in [0.15, 0.2) is 24.3 Å². The van der Waals surface area contributed by atoms with Gasteiger partial charge in [0.25, 0.3) is 5.91 Å². The van der Waals surface area contributed by atoms with E-state index < -0.39 is 0 Å². The number of piperidine rings is 1. The van der Waals surface area contributed by atoms with E-state index >= 15 is 0 Å². The molecule has 5 heteroatoms. The number of hydrogen-bond donors (Lipinski definition) is 1. The number of amides is 2. The second-order valence-electron chi connectivity index (χ2n) is 6.99. The second kappa shape index (κ2) is 7.77. The van der Waals surface area contributed by atoms with Crippen LogP contribution in [-0.4, -0.2) is 36.3 Å². The van der Waals surface area contributed by atoms with Crippen LogP contribution in [0.2, 0.25) is 0 Å². The van der Waals surface area contributed by atoms with E-state index in [9.17, 15) is 14.0 Å². The molecule has 1 saturated heterocycles. The van der Waals surface area contributed by atoms with Crippen LogP contribution >= 0.6 is 0 Å². The molecule has 24 heavy (non-hydrogen) atoms. The lowest BCUT2D eigenvalue weighted by Crippen LogP contribution is -2.45. The predicted octanol–water partition coefficient (Wildman–Crippen LogP) is 2.98. The average molecular weight is 332 g/mol. The normalized spacial score (nSPS) is 21.7. The van der Waals surface area contributed by atoms with Gasteiger partial charge in [0.15, 0.2) is 0 Å². The van der Waals surface area contributed by atoms with Gasteiger partial charge in [0, 0.05) is 31.1 Å². The van der Waals surface area contributed by atoms with Crippen molar-refractivity contribution in [1.29, 1.82) is 0 Å². The summed E-state index contributed by atoms with van der Waals surface area (Å²) in [4.78, 5) is 26.6. The number of benzene rings is 1. The molecule has 0 radical (unpaired) electrons. The Morgan fingerprint density at radius 3 is 2.50 bits per heavy atom. The summed E-state index contributed by atoms with van der Waals surface area (Å²) >= 11 is 0. The number of carbonyl (C=O) groups excluding carboxylic acids is 2. The van der Waals surface area contributed by atoms with Gasteiger partial charge in [-0.25, -0.2) is 4.39 Å². The minimum absolute atomic E-state index is 0.186. The Labute approximate surface area is 142 Å². The first-order valence-electron chi connectivity index (χ1n) is 8.96. The summed E-state index contributed by atoms with van der Waals surface area (Å²) in [7, 11) is 0. The predicted molar refractivity (Wildman–Crippen MR) is 90.0 cm³/mol. The quantitative estimate of drug-likeness (QED) is 0.921. The first kappa shape index (κ1) is 16.9. The van der Waals surface area contributed by atoms with Crippen molar-refractivity contribution >= 4 is 11.8 Å². The zero-order valence-corrected chi connectivity index (χ0v) is 14.0. The largest absolute Gasteiger partial charge is 0.352 e. The molecule has 1 aliphatic heterocycles. The number of likely N-dealkylation sites (tertiary alicyclic amines) is 1. The molecule has 2 amide bonds. The van der Waals surface area contributed by atoms with E-state index in [1.165, 1.54) is 37.1 Å². The number of rotatable bonds is 4. The lowest BCUT2D eigenvalue weighted by atomic mass is 9.96. The minimum Gasteiger partial charge on any atom is -0.352 e. The molecule has 0 aromatic heterocycles. The van der Waals surface area contributed by atoms with Crippen LogP contribution in [0.1, 0.15) is 48.9 Å². The maximum Gasteiger partial charge on any atom is 0.251 e. The van der Waals surface area contributed by atoms with Gasteiger partial charge in [0.1, 0.15) is 5.82 Å². The molecule has 0 spiro atoms. The van der Waals surface area contributed by atoms with Gasteiger partial charge in [-0.1, -0.05) is 12.8 Å². The Hall–Kier alpha value is -1.91. The highest BCUT2D eigenvalue weighted by Gasteiger charge is 2.30. The molecule has 4 nitrogen and oxygen atoms in total. The van der Waals surface area contributed by atoms with Crippen LogP contribution in [0, 0.1) is 17.7 Å². The Balaban J connectivity index is 1.49. The molecule has 3 rings (SSSR count). The van der Waals surface area contributed by atoms with Crippen molar-refractivity contribution in [3.05, 3.63) is 35.6 Å². The van der Waals surface area contributed by atoms with Gasteiger partial charge in [0.05, 0.1) is 0 Å². The third kappa shape index (κ3) is 4.13. The molecule has 1 heterocycles. The van der Waals surface area contributed by atoms with Crippen molar-refractivity contribution in [2.45, 2.75) is 38.5 Å². The fraction of sp³-hybridized carbons (Fsp3) is 0.579. The van der Waals surface area contributed by atoms with Crippen molar-refractivity contribution < 1.29 is 14.0 Å². The van der Waals surface area contributed by atoms with E-state index in [0.717, 1.165) is 38.8 Å². The molecule has 1 saturated carbocycles. The average Bonchev–Trinajstić information content (AvgIpc) is 3.14. The summed E-state index contributed by atoms with van der Waals surface area (Å²) in [5.41, 5.74) is 0.464. The summed E-state index contributed by atoms with van der Waals surface area (Å²) in [6, 6.07) is 5.55. The van der Waals surface area contributed by atoms with Crippen LogP contribution in [0.4, 0.5) is 4.39 Å². The Morgan fingerprint density at radius 2 is 1.79 bits per heavy atom. The fourth-order valence-corrected chi connectivity index (χ4v) is 3.80. The third-order valence-corrected chi connectivity index (χ3v) is 5.19. The summed E-state index contributed by atoms with van der Waals surface area (Å²) in [6.07, 6.45) is 6.42. The Bertz CT molecular complexity index is 582. The number of halogens is 1. The second-order valence-corrected chi connectivity index (χ2v) is 6.99. The van der Waals surface area contributed by atoms with Crippen molar-refractivity contribution in [2.75, 3.05) is 19.6 Å². The first-order chi connectivity index (χ1) is 11.6. The Morgan fingerprint density at radius 1 is 1.08 bits per heavy atom. The van der Waals surface area contributed by atoms with Gasteiger partial charge in [-0.05, 0) is 55.9 Å². The number of nitrogens with zero attached hydrogens (tertiary/aromatic N) is 1. The molecule has 1 aromatic carbocycles. The first-order valence-corrected chi connectivity index (χ1v) is 8.96. The Kier molecular flexibility index (Phi) is 5.48. The number of nitrogens with one attached hydrogen (secondary N) is 1. The topological polar surface area (TPSA) is 49.4 Å². The highest BCUT2D eigenvalue weighted by atomic mass is 19.1. The SMILES string of the molecule is O=C(NCC1CCCN(C(=O)C2CCCC2)C1)c1ccc(F)cc1. The third-order valence-electron chi connectivity index (χ3n) is 5.19. The molecular weight excluding hydrogens is 307 g/mol. The van der Waals surface area contributed by atoms with Gasteiger partial charge in [-0.2, -0.15) is 0 Å². The standard InChI is InChI=1S/C19H25FN2O2/c20-17-9-7-15(8-10-17)18(23)21-12-14-4-3-11-22(13-14)19(24)16-5-1-2-6-16/h7-10,14,16H,1-6,11-13H2,(H,21,23). The zero-order chi connectivity index (χ0) is 16.9. The maximum atomic E-state index is 12.9. The number of hydrogen-bond acceptors (Lipinski definition) is 2. The van der Waals surface area contributed by atoms with Crippen molar-refractivity contribution in [3.63, 3.8) is 0 Å². The summed E-state index contributed by atoms with van der Waals surface area (Å²) < 4.78 is 12.9. The van der Waals surface area contributed by atoms with Crippen molar-refractivity contribution in [3.8, 4) is 0 Å². The van der Waals surface area contributed by atoms with E-state index in [-0.39, 0.29) is 17.6 Å². The van der Waals surface area contributed by atoms with E-state index in [1.807, 2.05) is 4.90 Å². The molecule has 1 N–H and O–H groups in total. The minimum atomic E-state index is -0.347. The van der Waals surface area contributed by atoms with Crippen molar-refractivity contribution in [2.24, 2.45) is 11.8 Å². The molecule has 1 unspecified atom stereocenters. The summed E-state index contributed by atoms with van der Waals surface area (Å²) in [6.45, 7) is 2.14. The van der Waals surface area contributed by atoms with Gasteiger partial charge in [-0.3, -0.25) is 9.59 Å². The van der Waals surface area contributed by atoms with Gasteiger partial charge < -0.3 is 10.2 Å². The summed E-state index contributed by atoms with van der Waals surface area (Å²) in [5, 5.41) is 2.92. The number of carbonyl (C=O) groups is 2. The molecule has 130 valence electrons. The van der Waals surface area contributed by atoms with Crippen LogP contribution in [-0.2, 0) is 4.79 Å². The van der Waals surface area contributed by atoms with E-state index in [0.29, 0.717) is 23.9 Å². The van der Waals surface area contributed by atoms with Gasteiger partial charge in [-0.15, -0.1) is 0 Å². The van der Waals surface area contributed by atoms with E-state index in [4.69, 9.17) is 0 Å². The molecule has 2 fully saturated rings. The summed E-state index contributed by atoms with van der Waals surface area (Å²) in [5.74, 6) is 0.294. The van der Waals surface area contributed by atoms with Crippen molar-refractivity contribution in [1.82, 2.24) is 10.2 Å². The maximum absolute atomic E-state index is 12.9. The molecule has 1 atom stereocenters. The van der Waals surface area contributed by atoms with E-state index in [1.54, 1.807) is 0 Å². The van der Waals surface area contributed by atoms with Crippen LogP contribution < -0.4 is 5.32 Å². The van der Waals surface area contributed by atoms with Crippen LogP contribution in [0.25, 0.3) is 0 Å². The van der Waals surface area contributed by atoms with E-state index in [2.05, 4.69) is 5.32 Å². The molecular formula is C19H25FN2O2. The molecule has 1 aliphatic carbocycles. The molecule has 2 aliphatic rings. The van der Waals surface area contributed by atoms with Gasteiger partial charge >= 0.3 is 0 Å². The monoisotopic (exact) mass is 332 g/mol. The highest BCUT2D eigenvalue weighted by molar-refractivity contribution is 5.94. The molecule has 1 aromatic rings. The van der Waals surface area contributed by atoms with Crippen LogP contribution in [0.5, 0.6) is 0 Å². The highest BCUT2D eigenvalue weighted by Crippen LogP contribution is 2.28. The lowest BCUT2D eigenvalue weighted by Gasteiger charge is -2.34. The smallest absolute Gasteiger partial charge is 0.251 e. The zero-order valence-electron chi connectivity index (χ0n) is 14.0. The lowest BCUT2D eigenvalue weighted by molar-refractivity contribution is -0.137. The fourth-order valence-electron chi connectivity index (χ4n) is 3.80.